The van der Waals surface area contributed by atoms with Gasteiger partial charge < -0.3 is 4.89 Å². The van der Waals surface area contributed by atoms with Crippen LogP contribution in [0.2, 0.25) is 0 Å². The molecule has 0 atom stereocenters. The van der Waals surface area contributed by atoms with Crippen molar-refractivity contribution in [2.24, 2.45) is 0 Å². The van der Waals surface area contributed by atoms with Gasteiger partial charge in [-0.1, -0.05) is 19.9 Å². The van der Waals surface area contributed by atoms with Crippen molar-refractivity contribution in [3.8, 4) is 5.75 Å². The summed E-state index contributed by atoms with van der Waals surface area (Å²) in [6, 6.07) is 5.42. The zero-order chi connectivity index (χ0) is 9.56. The molecule has 2 heteroatoms. The Morgan fingerprint density at radius 3 is 2.08 bits per heavy atom. The monoisotopic (exact) mass is 168 g/mol. The van der Waals surface area contributed by atoms with Gasteiger partial charge in [0.15, 0.2) is 5.75 Å². The van der Waals surface area contributed by atoms with Crippen LogP contribution in [0.1, 0.15) is 25.0 Å². The number of aryl methyl sites for hydroxylation is 2. The molecule has 1 rings (SSSR count). The van der Waals surface area contributed by atoms with Crippen LogP contribution in [0.3, 0.4) is 0 Å². The van der Waals surface area contributed by atoms with E-state index in [0.717, 1.165) is 5.56 Å². The first-order chi connectivity index (χ1) is 5.74. The van der Waals surface area contributed by atoms with Crippen LogP contribution in [-0.4, -0.2) is 5.26 Å². The number of benzene rings is 1. The number of hydrogen-bond acceptors (Lipinski definition) is 2. The van der Waals surface area contributed by atoms with Crippen molar-refractivity contribution in [1.82, 2.24) is 0 Å². The topological polar surface area (TPSA) is 29.5 Å². The molecule has 0 bridgehead atoms. The van der Waals surface area contributed by atoms with Crippen molar-refractivity contribution >= 4 is 0 Å². The van der Waals surface area contributed by atoms with E-state index in [1.54, 1.807) is 12.1 Å². The molecule has 0 aliphatic carbocycles. The Labute approximate surface area is 73.7 Å². The molecule has 2 nitrogen and oxygen atoms in total. The van der Waals surface area contributed by atoms with Crippen LogP contribution in [-0.2, 0) is 0 Å². The molecule has 1 N–H and O–H groups in total. The molecule has 68 valence electrons. The fourth-order valence-corrected chi connectivity index (χ4v) is 0.771. The molecular weight excluding hydrogens is 152 g/mol. The minimum absolute atomic E-state index is 0.489. The predicted octanol–water partition coefficient (Wildman–Crippen LogP) is 3.18. The fourth-order valence-electron chi connectivity index (χ4n) is 0.771. The minimum Gasteiger partial charge on any atom is -0.340 e. The van der Waals surface area contributed by atoms with Crippen LogP contribution in [0.4, 0.5) is 0 Å². The highest BCUT2D eigenvalue weighted by Crippen LogP contribution is 2.14. The lowest BCUT2D eigenvalue weighted by Gasteiger charge is -2.00. The Morgan fingerprint density at radius 1 is 1.08 bits per heavy atom. The highest BCUT2D eigenvalue weighted by atomic mass is 17.1. The maximum Gasteiger partial charge on any atom is 0.165 e. The molecule has 0 saturated heterocycles. The number of hydrogen-bond donors (Lipinski definition) is 1. The van der Waals surface area contributed by atoms with Gasteiger partial charge in [0, 0.05) is 0 Å². The second kappa shape index (κ2) is 5.61. The molecule has 0 aromatic heterocycles. The summed E-state index contributed by atoms with van der Waals surface area (Å²) in [5.74, 6) is 0.489. The molecule has 0 spiro atoms. The lowest BCUT2D eigenvalue weighted by Crippen LogP contribution is -1.85. The molecule has 0 aliphatic heterocycles. The first-order valence-electron chi connectivity index (χ1n) is 4.12. The van der Waals surface area contributed by atoms with Crippen molar-refractivity contribution in [1.29, 1.82) is 0 Å². The zero-order valence-corrected chi connectivity index (χ0v) is 8.09. The summed E-state index contributed by atoms with van der Waals surface area (Å²) in [4.78, 5) is 4.05. The summed E-state index contributed by atoms with van der Waals surface area (Å²) in [5.41, 5.74) is 2.31. The Morgan fingerprint density at radius 2 is 1.67 bits per heavy atom. The predicted molar refractivity (Wildman–Crippen MR) is 50.5 cm³/mol. The third-order valence-corrected chi connectivity index (χ3v) is 1.58. The maximum absolute atomic E-state index is 8.25. The molecule has 1 aromatic carbocycles. The van der Waals surface area contributed by atoms with Crippen molar-refractivity contribution < 1.29 is 10.1 Å². The molecular formula is C10H16O2. The Bertz CT molecular complexity index is 231. The molecule has 0 unspecified atom stereocenters. The molecule has 0 amide bonds. The van der Waals surface area contributed by atoms with Crippen molar-refractivity contribution in [2.75, 3.05) is 0 Å². The largest absolute Gasteiger partial charge is 0.340 e. The van der Waals surface area contributed by atoms with Crippen LogP contribution >= 0.6 is 0 Å². The SMILES string of the molecule is CC.Cc1ccc(OO)cc1C. The molecule has 0 radical (unpaired) electrons. The van der Waals surface area contributed by atoms with Crippen LogP contribution < -0.4 is 4.89 Å². The van der Waals surface area contributed by atoms with Gasteiger partial charge in [-0.25, -0.2) is 5.26 Å². The van der Waals surface area contributed by atoms with E-state index in [0.29, 0.717) is 5.75 Å². The van der Waals surface area contributed by atoms with E-state index in [2.05, 4.69) is 4.89 Å². The van der Waals surface area contributed by atoms with Gasteiger partial charge in [-0.3, -0.25) is 0 Å². The fraction of sp³-hybridized carbons (Fsp3) is 0.400. The van der Waals surface area contributed by atoms with Crippen LogP contribution in [0.15, 0.2) is 18.2 Å². The van der Waals surface area contributed by atoms with E-state index in [4.69, 9.17) is 5.26 Å². The third kappa shape index (κ3) is 2.93. The summed E-state index contributed by atoms with van der Waals surface area (Å²) in [6.07, 6.45) is 0. The van der Waals surface area contributed by atoms with E-state index in [1.807, 2.05) is 33.8 Å². The van der Waals surface area contributed by atoms with Gasteiger partial charge in [-0.2, -0.15) is 0 Å². The quantitative estimate of drug-likeness (QED) is 0.515. The molecule has 0 heterocycles. The van der Waals surface area contributed by atoms with Gasteiger partial charge in [0.1, 0.15) is 0 Å². The summed E-state index contributed by atoms with van der Waals surface area (Å²) >= 11 is 0. The van der Waals surface area contributed by atoms with Gasteiger partial charge in [0.25, 0.3) is 0 Å². The first-order valence-corrected chi connectivity index (χ1v) is 4.12. The van der Waals surface area contributed by atoms with Crippen molar-refractivity contribution in [3.63, 3.8) is 0 Å². The molecule has 0 aliphatic rings. The molecule has 0 fully saturated rings. The second-order valence-corrected chi connectivity index (χ2v) is 2.34. The summed E-state index contributed by atoms with van der Waals surface area (Å²) in [7, 11) is 0. The van der Waals surface area contributed by atoms with Gasteiger partial charge in [-0.05, 0) is 37.1 Å². The Balaban J connectivity index is 0.000000561. The first kappa shape index (κ1) is 11.0. The lowest BCUT2D eigenvalue weighted by molar-refractivity contribution is -0.137. The smallest absolute Gasteiger partial charge is 0.165 e. The average Bonchev–Trinajstić information content (AvgIpc) is 2.13. The van der Waals surface area contributed by atoms with E-state index in [-0.39, 0.29) is 0 Å². The second-order valence-electron chi connectivity index (χ2n) is 2.34. The van der Waals surface area contributed by atoms with Gasteiger partial charge in [0.05, 0.1) is 0 Å². The Hall–Kier alpha value is -1.02. The minimum atomic E-state index is 0.489. The third-order valence-electron chi connectivity index (χ3n) is 1.58. The number of rotatable bonds is 1. The van der Waals surface area contributed by atoms with Gasteiger partial charge >= 0.3 is 0 Å². The van der Waals surface area contributed by atoms with E-state index >= 15 is 0 Å². The molecule has 1 aromatic rings. The van der Waals surface area contributed by atoms with E-state index in [9.17, 15) is 0 Å². The van der Waals surface area contributed by atoms with Gasteiger partial charge in [-0.15, -0.1) is 0 Å². The van der Waals surface area contributed by atoms with E-state index in [1.165, 1.54) is 5.56 Å². The zero-order valence-electron chi connectivity index (χ0n) is 8.09. The normalized spacial score (nSPS) is 8.42. The van der Waals surface area contributed by atoms with Crippen LogP contribution in [0.25, 0.3) is 0 Å². The highest BCUT2D eigenvalue weighted by Gasteiger charge is 1.94. The summed E-state index contributed by atoms with van der Waals surface area (Å²) in [5, 5.41) is 8.25. The summed E-state index contributed by atoms with van der Waals surface area (Å²) < 4.78 is 0. The highest BCUT2D eigenvalue weighted by molar-refractivity contribution is 5.33. The van der Waals surface area contributed by atoms with Crippen LogP contribution in [0.5, 0.6) is 5.75 Å². The van der Waals surface area contributed by atoms with E-state index < -0.39 is 0 Å². The summed E-state index contributed by atoms with van der Waals surface area (Å²) in [6.45, 7) is 7.98. The lowest BCUT2D eigenvalue weighted by atomic mass is 10.1. The van der Waals surface area contributed by atoms with Gasteiger partial charge in [0.2, 0.25) is 0 Å². The molecule has 0 saturated carbocycles. The Kier molecular flexibility index (Phi) is 5.13. The average molecular weight is 168 g/mol. The van der Waals surface area contributed by atoms with Crippen molar-refractivity contribution in [3.05, 3.63) is 29.3 Å². The van der Waals surface area contributed by atoms with Crippen LogP contribution in [0, 0.1) is 13.8 Å². The molecule has 12 heavy (non-hydrogen) atoms. The van der Waals surface area contributed by atoms with Crippen molar-refractivity contribution in [2.45, 2.75) is 27.7 Å². The maximum atomic E-state index is 8.25. The standard InChI is InChI=1S/C8H10O2.C2H6/c1-6-3-4-8(10-9)5-7(6)2;1-2/h3-5,9H,1-2H3;1-2H3.